The highest BCUT2D eigenvalue weighted by atomic mass is 35.5. The van der Waals surface area contributed by atoms with Crippen molar-refractivity contribution in [2.24, 2.45) is 0 Å². The predicted molar refractivity (Wildman–Crippen MR) is 149 cm³/mol. The Bertz CT molecular complexity index is 1290. The van der Waals surface area contributed by atoms with E-state index in [1.807, 2.05) is 29.2 Å². The number of hydrogen-bond acceptors (Lipinski definition) is 6. The van der Waals surface area contributed by atoms with E-state index in [0.29, 0.717) is 53.8 Å². The second-order valence-electron chi connectivity index (χ2n) is 8.28. The minimum Gasteiger partial charge on any atom is -0.497 e. The fourth-order valence-electron chi connectivity index (χ4n) is 4.09. The Morgan fingerprint density at radius 1 is 0.919 bits per heavy atom. The van der Waals surface area contributed by atoms with Gasteiger partial charge in [-0.25, -0.2) is 0 Å². The number of para-hydroxylation sites is 2. The first-order valence-corrected chi connectivity index (χ1v) is 12.4. The zero-order valence-corrected chi connectivity index (χ0v) is 22.1. The minimum atomic E-state index is -0.399. The molecule has 0 unspecified atom stereocenters. The first-order valence-electron chi connectivity index (χ1n) is 11.6. The van der Waals surface area contributed by atoms with Crippen molar-refractivity contribution in [1.82, 2.24) is 10.2 Å². The maximum absolute atomic E-state index is 12.8. The van der Waals surface area contributed by atoms with E-state index in [2.05, 4.69) is 15.5 Å². The fraction of sp³-hybridized carbons (Fsp3) is 0.222. The molecule has 192 valence electrons. The van der Waals surface area contributed by atoms with E-state index >= 15 is 0 Å². The zero-order chi connectivity index (χ0) is 26.4. The quantitative estimate of drug-likeness (QED) is 0.449. The monoisotopic (exact) mass is 538 g/mol. The molecule has 1 heterocycles. The third-order valence-electron chi connectivity index (χ3n) is 6.03. The van der Waals surface area contributed by atoms with Crippen molar-refractivity contribution in [3.63, 3.8) is 0 Å². The molecule has 0 aromatic heterocycles. The number of nitrogens with zero attached hydrogens (tertiary/aromatic N) is 2. The molecule has 8 nitrogen and oxygen atoms in total. The number of halogens is 1. The third-order valence-corrected chi connectivity index (χ3v) is 6.49. The van der Waals surface area contributed by atoms with Crippen molar-refractivity contribution < 1.29 is 19.1 Å². The van der Waals surface area contributed by atoms with Crippen LogP contribution in [0.3, 0.4) is 0 Å². The number of amides is 2. The minimum absolute atomic E-state index is 0.0134. The van der Waals surface area contributed by atoms with E-state index in [4.69, 9.17) is 33.3 Å². The SMILES string of the molecule is COc1ccc(C(=O)NC(=S)Nc2ccccc2N2CCN(C(=O)c3ccc(Cl)cc3)CC2)c(OC)c1. The maximum atomic E-state index is 12.8. The van der Waals surface area contributed by atoms with Gasteiger partial charge in [-0.05, 0) is 60.7 Å². The Kier molecular flexibility index (Phi) is 8.47. The summed E-state index contributed by atoms with van der Waals surface area (Å²) in [5, 5.41) is 6.60. The Morgan fingerprint density at radius 3 is 2.30 bits per heavy atom. The first-order chi connectivity index (χ1) is 17.9. The van der Waals surface area contributed by atoms with Crippen LogP contribution in [0.4, 0.5) is 11.4 Å². The lowest BCUT2D eigenvalue weighted by Gasteiger charge is -2.37. The van der Waals surface area contributed by atoms with Crippen molar-refractivity contribution in [3.8, 4) is 11.5 Å². The molecule has 0 radical (unpaired) electrons. The van der Waals surface area contributed by atoms with Crippen molar-refractivity contribution in [2.45, 2.75) is 0 Å². The second kappa shape index (κ2) is 11.9. The van der Waals surface area contributed by atoms with Crippen molar-refractivity contribution >= 4 is 52.1 Å². The van der Waals surface area contributed by atoms with E-state index in [-0.39, 0.29) is 11.0 Å². The van der Waals surface area contributed by atoms with Gasteiger partial charge in [-0.15, -0.1) is 0 Å². The number of carbonyl (C=O) groups excluding carboxylic acids is 2. The van der Waals surface area contributed by atoms with Crippen molar-refractivity contribution in [1.29, 1.82) is 0 Å². The topological polar surface area (TPSA) is 83.1 Å². The summed E-state index contributed by atoms with van der Waals surface area (Å²) < 4.78 is 10.5. The maximum Gasteiger partial charge on any atom is 0.261 e. The second-order valence-corrected chi connectivity index (χ2v) is 9.12. The standard InChI is InChI=1S/C27H27ClN4O4S/c1-35-20-11-12-21(24(17-20)36-2)25(33)30-27(37)29-22-5-3-4-6-23(22)31-13-15-32(16-14-31)26(34)18-7-9-19(28)10-8-18/h3-12,17H,13-16H2,1-2H3,(H2,29,30,33,37). The number of rotatable bonds is 6. The molecule has 37 heavy (non-hydrogen) atoms. The molecular formula is C27H27ClN4O4S. The molecule has 0 bridgehead atoms. The normalized spacial score (nSPS) is 13.1. The lowest BCUT2D eigenvalue weighted by Crippen LogP contribution is -2.49. The molecule has 1 fully saturated rings. The number of thiocarbonyl (C=S) groups is 1. The molecule has 0 spiro atoms. The summed E-state index contributed by atoms with van der Waals surface area (Å²) in [5.41, 5.74) is 2.64. The van der Waals surface area contributed by atoms with Gasteiger partial charge in [0.2, 0.25) is 0 Å². The highest BCUT2D eigenvalue weighted by Gasteiger charge is 2.24. The van der Waals surface area contributed by atoms with Gasteiger partial charge in [-0.3, -0.25) is 14.9 Å². The van der Waals surface area contributed by atoms with Gasteiger partial charge >= 0.3 is 0 Å². The molecule has 1 aliphatic heterocycles. The van der Waals surface area contributed by atoms with Crippen LogP contribution in [0.15, 0.2) is 66.7 Å². The Balaban J connectivity index is 1.39. The van der Waals surface area contributed by atoms with Gasteiger partial charge < -0.3 is 24.6 Å². The lowest BCUT2D eigenvalue weighted by atomic mass is 10.1. The molecule has 1 aliphatic rings. The van der Waals surface area contributed by atoms with Crippen LogP contribution < -0.4 is 25.0 Å². The first kappa shape index (κ1) is 26.2. The van der Waals surface area contributed by atoms with E-state index in [1.165, 1.54) is 7.11 Å². The average Bonchev–Trinajstić information content (AvgIpc) is 2.93. The average molecular weight is 539 g/mol. The van der Waals surface area contributed by atoms with Gasteiger partial charge in [0.1, 0.15) is 11.5 Å². The number of ether oxygens (including phenoxy) is 2. The highest BCUT2D eigenvalue weighted by molar-refractivity contribution is 7.80. The number of anilines is 2. The van der Waals surface area contributed by atoms with Crippen LogP contribution in [0, 0.1) is 0 Å². The van der Waals surface area contributed by atoms with Crippen molar-refractivity contribution in [3.05, 3.63) is 82.9 Å². The van der Waals surface area contributed by atoms with Gasteiger partial charge in [0.25, 0.3) is 11.8 Å². The number of nitrogens with one attached hydrogen (secondary N) is 2. The van der Waals surface area contributed by atoms with Gasteiger partial charge in [0.15, 0.2) is 5.11 Å². The summed E-state index contributed by atoms with van der Waals surface area (Å²) in [6.07, 6.45) is 0. The van der Waals surface area contributed by atoms with Crippen LogP contribution >= 0.6 is 23.8 Å². The molecule has 0 saturated carbocycles. The molecule has 0 atom stereocenters. The van der Waals surface area contributed by atoms with Crippen LogP contribution in [0.1, 0.15) is 20.7 Å². The van der Waals surface area contributed by atoms with Crippen molar-refractivity contribution in [2.75, 3.05) is 50.6 Å². The molecule has 2 amide bonds. The smallest absolute Gasteiger partial charge is 0.261 e. The van der Waals surface area contributed by atoms with Crippen LogP contribution in [0.25, 0.3) is 0 Å². The molecule has 3 aromatic carbocycles. The molecule has 3 aromatic rings. The van der Waals surface area contributed by atoms with E-state index in [9.17, 15) is 9.59 Å². The van der Waals surface area contributed by atoms with Gasteiger partial charge in [0.05, 0.1) is 31.2 Å². The lowest BCUT2D eigenvalue weighted by molar-refractivity contribution is 0.0746. The summed E-state index contributed by atoms with van der Waals surface area (Å²) in [7, 11) is 3.03. The molecule has 4 rings (SSSR count). The fourth-order valence-corrected chi connectivity index (χ4v) is 4.42. The van der Waals surface area contributed by atoms with Gasteiger partial charge in [0, 0.05) is 42.8 Å². The Morgan fingerprint density at radius 2 is 1.62 bits per heavy atom. The number of methoxy groups -OCH3 is 2. The number of hydrogen-bond donors (Lipinski definition) is 2. The highest BCUT2D eigenvalue weighted by Crippen LogP contribution is 2.28. The predicted octanol–water partition coefficient (Wildman–Crippen LogP) is 4.45. The van der Waals surface area contributed by atoms with E-state index < -0.39 is 5.91 Å². The number of benzene rings is 3. The van der Waals surface area contributed by atoms with Crippen LogP contribution in [-0.4, -0.2) is 62.2 Å². The van der Waals surface area contributed by atoms with Crippen LogP contribution in [0.5, 0.6) is 11.5 Å². The van der Waals surface area contributed by atoms with Crippen LogP contribution in [0.2, 0.25) is 5.02 Å². The number of carbonyl (C=O) groups is 2. The molecule has 2 N–H and O–H groups in total. The zero-order valence-electron chi connectivity index (χ0n) is 20.5. The Labute approximate surface area is 226 Å². The molecule has 1 saturated heterocycles. The third kappa shape index (κ3) is 6.31. The van der Waals surface area contributed by atoms with E-state index in [1.54, 1.807) is 49.6 Å². The molecule has 10 heteroatoms. The van der Waals surface area contributed by atoms with Crippen LogP contribution in [-0.2, 0) is 0 Å². The van der Waals surface area contributed by atoms with E-state index in [0.717, 1.165) is 11.4 Å². The summed E-state index contributed by atoms with van der Waals surface area (Å²) in [5.74, 6) is 0.549. The van der Waals surface area contributed by atoms with Gasteiger partial charge in [-0.2, -0.15) is 0 Å². The summed E-state index contributed by atoms with van der Waals surface area (Å²) in [6.45, 7) is 2.46. The summed E-state index contributed by atoms with van der Waals surface area (Å²) in [4.78, 5) is 29.7. The van der Waals surface area contributed by atoms with Gasteiger partial charge in [-0.1, -0.05) is 23.7 Å². The largest absolute Gasteiger partial charge is 0.497 e. The Hall–Kier alpha value is -3.82. The molecular weight excluding hydrogens is 512 g/mol. The summed E-state index contributed by atoms with van der Waals surface area (Å²) in [6, 6.07) is 19.6. The molecule has 0 aliphatic carbocycles. The summed E-state index contributed by atoms with van der Waals surface area (Å²) >= 11 is 11.4. The number of piperazine rings is 1.